The highest BCUT2D eigenvalue weighted by Gasteiger charge is 2.07. The van der Waals surface area contributed by atoms with Crippen LogP contribution in [0.15, 0.2) is 41.4 Å². The zero-order valence-corrected chi connectivity index (χ0v) is 13.8. The molecular formula is C18H28N4. The van der Waals surface area contributed by atoms with Gasteiger partial charge in [-0.3, -0.25) is 4.99 Å². The number of nitrogens with one attached hydrogen (secondary N) is 2. The van der Waals surface area contributed by atoms with Crippen LogP contribution in [0.5, 0.6) is 0 Å². The van der Waals surface area contributed by atoms with Gasteiger partial charge in [-0.05, 0) is 24.1 Å². The van der Waals surface area contributed by atoms with Crippen LogP contribution in [0.2, 0.25) is 0 Å². The molecule has 1 aliphatic rings. The van der Waals surface area contributed by atoms with E-state index in [9.17, 15) is 0 Å². The van der Waals surface area contributed by atoms with Gasteiger partial charge < -0.3 is 15.5 Å². The lowest BCUT2D eigenvalue weighted by atomic mass is 10.2. The zero-order chi connectivity index (χ0) is 15.6. The van der Waals surface area contributed by atoms with Gasteiger partial charge >= 0.3 is 0 Å². The summed E-state index contributed by atoms with van der Waals surface area (Å²) in [5.41, 5.74) is 2.57. The molecular weight excluding hydrogens is 272 g/mol. The Bertz CT molecular complexity index is 500. The van der Waals surface area contributed by atoms with Crippen molar-refractivity contribution in [3.05, 3.63) is 42.0 Å². The maximum Gasteiger partial charge on any atom is 0.191 e. The summed E-state index contributed by atoms with van der Waals surface area (Å²) < 4.78 is 0. The molecule has 0 radical (unpaired) electrons. The maximum absolute atomic E-state index is 4.27. The number of hydrogen-bond acceptors (Lipinski definition) is 2. The summed E-state index contributed by atoms with van der Waals surface area (Å²) in [6.45, 7) is 6.01. The molecule has 1 aromatic carbocycles. The van der Waals surface area contributed by atoms with Crippen molar-refractivity contribution in [2.75, 3.05) is 31.6 Å². The predicted octanol–water partition coefficient (Wildman–Crippen LogP) is 2.92. The highest BCUT2D eigenvalue weighted by molar-refractivity contribution is 5.79. The van der Waals surface area contributed by atoms with Gasteiger partial charge in [-0.2, -0.15) is 0 Å². The van der Waals surface area contributed by atoms with Crippen LogP contribution in [-0.2, 0) is 6.54 Å². The van der Waals surface area contributed by atoms with Gasteiger partial charge in [-0.1, -0.05) is 44.1 Å². The van der Waals surface area contributed by atoms with Crippen molar-refractivity contribution < 1.29 is 0 Å². The number of anilines is 1. The van der Waals surface area contributed by atoms with Gasteiger partial charge in [0.1, 0.15) is 0 Å². The Balaban J connectivity index is 1.81. The first kappa shape index (κ1) is 16.4. The van der Waals surface area contributed by atoms with Crippen molar-refractivity contribution in [2.24, 2.45) is 4.99 Å². The van der Waals surface area contributed by atoms with E-state index in [-0.39, 0.29) is 0 Å². The van der Waals surface area contributed by atoms with E-state index in [1.807, 2.05) is 7.05 Å². The number of rotatable bonds is 7. The van der Waals surface area contributed by atoms with Gasteiger partial charge in [0, 0.05) is 38.9 Å². The summed E-state index contributed by atoms with van der Waals surface area (Å²) in [4.78, 5) is 6.64. The maximum atomic E-state index is 4.27. The Labute approximate surface area is 134 Å². The third-order valence-electron chi connectivity index (χ3n) is 3.85. The van der Waals surface area contributed by atoms with Crippen LogP contribution < -0.4 is 15.5 Å². The molecule has 0 saturated heterocycles. The Hall–Kier alpha value is -1.97. The minimum absolute atomic E-state index is 0.794. The zero-order valence-electron chi connectivity index (χ0n) is 13.8. The predicted molar refractivity (Wildman–Crippen MR) is 95.5 cm³/mol. The summed E-state index contributed by atoms with van der Waals surface area (Å²) in [6.07, 6.45) is 8.12. The molecule has 1 aromatic rings. The molecule has 0 fully saturated rings. The first-order valence-electron chi connectivity index (χ1n) is 8.27. The van der Waals surface area contributed by atoms with Crippen LogP contribution in [0.4, 0.5) is 5.69 Å². The van der Waals surface area contributed by atoms with Crippen LogP contribution in [0.25, 0.3) is 0 Å². The van der Waals surface area contributed by atoms with Crippen molar-refractivity contribution in [3.63, 3.8) is 0 Å². The van der Waals surface area contributed by atoms with Crippen LogP contribution in [0.3, 0.4) is 0 Å². The highest BCUT2D eigenvalue weighted by atomic mass is 15.2. The molecule has 120 valence electrons. The lowest BCUT2D eigenvalue weighted by Gasteiger charge is -2.19. The molecule has 0 aliphatic carbocycles. The second kappa shape index (κ2) is 9.13. The second-order valence-electron chi connectivity index (χ2n) is 5.61. The van der Waals surface area contributed by atoms with E-state index in [1.165, 1.54) is 30.5 Å². The van der Waals surface area contributed by atoms with Gasteiger partial charge in [-0.25, -0.2) is 0 Å². The quantitative estimate of drug-likeness (QED) is 0.352. The molecule has 0 spiro atoms. The van der Waals surface area contributed by atoms with Gasteiger partial charge in [0.2, 0.25) is 0 Å². The van der Waals surface area contributed by atoms with Crippen LogP contribution >= 0.6 is 0 Å². The van der Waals surface area contributed by atoms with Crippen molar-refractivity contribution >= 4 is 11.6 Å². The van der Waals surface area contributed by atoms with E-state index in [1.54, 1.807) is 0 Å². The molecule has 2 rings (SSSR count). The molecule has 0 aromatic heterocycles. The van der Waals surface area contributed by atoms with E-state index < -0.39 is 0 Å². The minimum Gasteiger partial charge on any atom is -0.364 e. The Kier molecular flexibility index (Phi) is 6.81. The lowest BCUT2D eigenvalue weighted by molar-refractivity contribution is 0.683. The standard InChI is InChI=1S/C18H28N4/c1-3-4-5-11-20-18(19-2)21-15-16-9-8-10-17(14-16)22-12-6-7-13-22/h6-10,14H,3-5,11-13,15H2,1-2H3,(H2,19,20,21). The Morgan fingerprint density at radius 3 is 2.73 bits per heavy atom. The summed E-state index contributed by atoms with van der Waals surface area (Å²) in [5.74, 6) is 0.879. The summed E-state index contributed by atoms with van der Waals surface area (Å²) in [5, 5.41) is 6.75. The van der Waals surface area contributed by atoms with Crippen molar-refractivity contribution in [1.82, 2.24) is 10.6 Å². The van der Waals surface area contributed by atoms with E-state index in [4.69, 9.17) is 0 Å². The molecule has 1 aliphatic heterocycles. The van der Waals surface area contributed by atoms with Crippen LogP contribution in [-0.4, -0.2) is 32.6 Å². The average Bonchev–Trinajstić information content (AvgIpc) is 3.09. The highest BCUT2D eigenvalue weighted by Crippen LogP contribution is 2.18. The first-order chi connectivity index (χ1) is 10.8. The molecule has 22 heavy (non-hydrogen) atoms. The van der Waals surface area contributed by atoms with E-state index >= 15 is 0 Å². The molecule has 2 N–H and O–H groups in total. The lowest BCUT2D eigenvalue weighted by Crippen LogP contribution is -2.37. The fourth-order valence-electron chi connectivity index (χ4n) is 2.54. The van der Waals surface area contributed by atoms with Crippen molar-refractivity contribution in [3.8, 4) is 0 Å². The molecule has 4 heteroatoms. The molecule has 0 amide bonds. The fraction of sp³-hybridized carbons (Fsp3) is 0.500. The second-order valence-corrected chi connectivity index (χ2v) is 5.61. The monoisotopic (exact) mass is 300 g/mol. The molecule has 0 unspecified atom stereocenters. The fourth-order valence-corrected chi connectivity index (χ4v) is 2.54. The summed E-state index contributed by atoms with van der Waals surface area (Å²) in [6, 6.07) is 8.71. The average molecular weight is 300 g/mol. The largest absolute Gasteiger partial charge is 0.364 e. The molecule has 0 saturated carbocycles. The van der Waals surface area contributed by atoms with Crippen molar-refractivity contribution in [1.29, 1.82) is 0 Å². The van der Waals surface area contributed by atoms with Gasteiger partial charge in [0.15, 0.2) is 5.96 Å². The smallest absolute Gasteiger partial charge is 0.191 e. The number of guanidine groups is 1. The Morgan fingerprint density at radius 2 is 2.00 bits per heavy atom. The molecule has 4 nitrogen and oxygen atoms in total. The number of aliphatic imine (C=N–C) groups is 1. The normalized spacial score (nSPS) is 14.5. The van der Waals surface area contributed by atoms with E-state index in [0.29, 0.717) is 0 Å². The third-order valence-corrected chi connectivity index (χ3v) is 3.85. The molecule has 0 atom stereocenters. The van der Waals surface area contributed by atoms with E-state index in [0.717, 1.165) is 32.1 Å². The number of unbranched alkanes of at least 4 members (excludes halogenated alkanes) is 2. The topological polar surface area (TPSA) is 39.7 Å². The number of hydrogen-bond donors (Lipinski definition) is 2. The van der Waals surface area contributed by atoms with E-state index in [2.05, 4.69) is 63.9 Å². The Morgan fingerprint density at radius 1 is 1.18 bits per heavy atom. The van der Waals surface area contributed by atoms with Gasteiger partial charge in [-0.15, -0.1) is 0 Å². The summed E-state index contributed by atoms with van der Waals surface area (Å²) >= 11 is 0. The summed E-state index contributed by atoms with van der Waals surface area (Å²) in [7, 11) is 1.82. The molecule has 0 bridgehead atoms. The van der Waals surface area contributed by atoms with Crippen LogP contribution in [0, 0.1) is 0 Å². The molecule has 1 heterocycles. The number of benzene rings is 1. The number of nitrogens with zero attached hydrogens (tertiary/aromatic N) is 2. The van der Waals surface area contributed by atoms with Crippen LogP contribution in [0.1, 0.15) is 31.7 Å². The minimum atomic E-state index is 0.794. The van der Waals surface area contributed by atoms with Crippen molar-refractivity contribution in [2.45, 2.75) is 32.7 Å². The third kappa shape index (κ3) is 5.10. The SMILES string of the molecule is CCCCCNC(=NC)NCc1cccc(N2CC=CC2)c1. The first-order valence-corrected chi connectivity index (χ1v) is 8.27. The van der Waals surface area contributed by atoms with Gasteiger partial charge in [0.05, 0.1) is 0 Å². The van der Waals surface area contributed by atoms with Gasteiger partial charge in [0.25, 0.3) is 0 Å².